The molecule has 0 aromatic carbocycles. The molecule has 1 aromatic rings. The van der Waals surface area contributed by atoms with Crippen LogP contribution in [-0.2, 0) is 4.79 Å². The van der Waals surface area contributed by atoms with E-state index in [0.717, 1.165) is 30.8 Å². The number of aryl methyl sites for hydroxylation is 1. The maximum Gasteiger partial charge on any atom is 0.340 e. The maximum absolute atomic E-state index is 12.6. The number of hydrogen-bond acceptors (Lipinski definition) is 5. The molecule has 0 radical (unpaired) electrons. The van der Waals surface area contributed by atoms with Gasteiger partial charge in [-0.2, -0.15) is 4.37 Å². The van der Waals surface area contributed by atoms with Crippen LogP contribution in [0.4, 0.5) is 5.00 Å². The number of carboxylic acids is 1. The number of hydrogen-bond donors (Lipinski definition) is 2. The van der Waals surface area contributed by atoms with E-state index in [1.54, 1.807) is 14.0 Å². The summed E-state index contributed by atoms with van der Waals surface area (Å²) in [4.78, 5) is 25.2. The molecule has 1 aromatic heterocycles. The fourth-order valence-electron chi connectivity index (χ4n) is 2.66. The lowest BCUT2D eigenvalue weighted by Crippen LogP contribution is -2.55. The van der Waals surface area contributed by atoms with E-state index < -0.39 is 11.5 Å². The van der Waals surface area contributed by atoms with E-state index in [-0.39, 0.29) is 11.5 Å². The number of aromatic carboxylic acids is 1. The molecule has 1 aliphatic rings. The van der Waals surface area contributed by atoms with Crippen LogP contribution in [0.15, 0.2) is 0 Å². The Labute approximate surface area is 121 Å². The number of nitrogens with two attached hydrogens (primary N) is 1. The van der Waals surface area contributed by atoms with Crippen molar-refractivity contribution in [3.63, 3.8) is 0 Å². The average Bonchev–Trinajstić information content (AvgIpc) is 2.80. The van der Waals surface area contributed by atoms with E-state index in [9.17, 15) is 14.7 Å². The van der Waals surface area contributed by atoms with Crippen LogP contribution in [0, 0.1) is 6.92 Å². The Morgan fingerprint density at radius 1 is 1.35 bits per heavy atom. The Morgan fingerprint density at radius 2 is 1.95 bits per heavy atom. The van der Waals surface area contributed by atoms with Gasteiger partial charge in [-0.05, 0) is 31.3 Å². The van der Waals surface area contributed by atoms with Gasteiger partial charge in [0.2, 0.25) is 5.91 Å². The first-order valence-corrected chi connectivity index (χ1v) is 7.41. The molecule has 0 atom stereocenters. The number of anilines is 1. The molecule has 0 unspecified atom stereocenters. The molecule has 7 heteroatoms. The third kappa shape index (κ3) is 2.55. The number of rotatable bonds is 3. The van der Waals surface area contributed by atoms with Crippen LogP contribution in [0.1, 0.15) is 48.2 Å². The van der Waals surface area contributed by atoms with Crippen LogP contribution in [-0.4, -0.2) is 33.9 Å². The summed E-state index contributed by atoms with van der Waals surface area (Å²) in [6.07, 6.45) is 4.26. The van der Waals surface area contributed by atoms with Gasteiger partial charge in [0.25, 0.3) is 0 Å². The van der Waals surface area contributed by atoms with Crippen molar-refractivity contribution in [3.05, 3.63) is 11.3 Å². The second-order valence-electron chi connectivity index (χ2n) is 5.33. The molecule has 1 aliphatic carbocycles. The zero-order chi connectivity index (χ0) is 14.9. The highest BCUT2D eigenvalue weighted by molar-refractivity contribution is 7.11. The Hall–Kier alpha value is -1.47. The Morgan fingerprint density at radius 3 is 2.50 bits per heavy atom. The highest BCUT2D eigenvalue weighted by atomic mass is 32.1. The highest BCUT2D eigenvalue weighted by Gasteiger charge is 2.39. The molecule has 1 heterocycles. The number of likely N-dealkylation sites (N-methyl/N-ethyl adjacent to an activating group) is 1. The Balaban J connectivity index is 2.29. The van der Waals surface area contributed by atoms with E-state index in [2.05, 4.69) is 4.37 Å². The summed E-state index contributed by atoms with van der Waals surface area (Å²) >= 11 is 1.02. The first-order valence-electron chi connectivity index (χ1n) is 6.63. The van der Waals surface area contributed by atoms with Crippen molar-refractivity contribution in [2.75, 3.05) is 11.9 Å². The van der Waals surface area contributed by atoms with Crippen molar-refractivity contribution < 1.29 is 14.7 Å². The molecule has 6 nitrogen and oxygen atoms in total. The maximum atomic E-state index is 12.6. The SMILES string of the molecule is Cc1nsc(N(C)C(=O)C2(N)CCCCC2)c1C(=O)O. The summed E-state index contributed by atoms with van der Waals surface area (Å²) < 4.78 is 4.04. The van der Waals surface area contributed by atoms with Gasteiger partial charge in [0.05, 0.1) is 11.2 Å². The Kier molecular flexibility index (Phi) is 4.10. The zero-order valence-corrected chi connectivity index (χ0v) is 12.5. The topological polar surface area (TPSA) is 96.5 Å². The van der Waals surface area contributed by atoms with Crippen LogP contribution in [0.25, 0.3) is 0 Å². The second kappa shape index (κ2) is 5.49. The third-order valence-corrected chi connectivity index (χ3v) is 4.86. The van der Waals surface area contributed by atoms with Crippen LogP contribution in [0.3, 0.4) is 0 Å². The predicted molar refractivity (Wildman–Crippen MR) is 77.2 cm³/mol. The van der Waals surface area contributed by atoms with Crippen molar-refractivity contribution in [2.45, 2.75) is 44.6 Å². The first kappa shape index (κ1) is 14.9. The average molecular weight is 297 g/mol. The summed E-state index contributed by atoms with van der Waals surface area (Å²) in [5.74, 6) is -1.29. The minimum absolute atomic E-state index is 0.0882. The van der Waals surface area contributed by atoms with Gasteiger partial charge in [-0.3, -0.25) is 4.79 Å². The van der Waals surface area contributed by atoms with Gasteiger partial charge >= 0.3 is 5.97 Å². The molecule has 0 saturated heterocycles. The number of amides is 1. The number of nitrogens with zero attached hydrogens (tertiary/aromatic N) is 2. The number of carboxylic acid groups (broad SMARTS) is 1. The van der Waals surface area contributed by atoms with Gasteiger partial charge in [-0.1, -0.05) is 19.3 Å². The largest absolute Gasteiger partial charge is 0.478 e. The molecule has 110 valence electrons. The minimum atomic E-state index is -1.07. The molecule has 0 bridgehead atoms. The number of carbonyl (C=O) groups excluding carboxylic acids is 1. The minimum Gasteiger partial charge on any atom is -0.478 e. The molecule has 20 heavy (non-hydrogen) atoms. The second-order valence-corrected chi connectivity index (χ2v) is 6.09. The first-order chi connectivity index (χ1) is 9.37. The van der Waals surface area contributed by atoms with Crippen molar-refractivity contribution in [1.82, 2.24) is 4.37 Å². The van der Waals surface area contributed by atoms with Gasteiger partial charge in [0.1, 0.15) is 10.6 Å². The molecule has 0 aliphatic heterocycles. The Bertz CT molecular complexity index is 535. The lowest BCUT2D eigenvalue weighted by Gasteiger charge is -2.34. The van der Waals surface area contributed by atoms with E-state index in [4.69, 9.17) is 5.73 Å². The van der Waals surface area contributed by atoms with Crippen LogP contribution in [0.5, 0.6) is 0 Å². The fourth-order valence-corrected chi connectivity index (χ4v) is 3.50. The summed E-state index contributed by atoms with van der Waals surface area (Å²) in [7, 11) is 1.57. The number of aromatic nitrogens is 1. The summed E-state index contributed by atoms with van der Waals surface area (Å²) in [6, 6.07) is 0. The van der Waals surface area contributed by atoms with Crippen LogP contribution >= 0.6 is 11.5 Å². The molecule has 3 N–H and O–H groups in total. The standard InChI is InChI=1S/C13H19N3O3S/c1-8-9(11(17)18)10(20-15-8)16(2)12(19)13(14)6-4-3-5-7-13/h3-7,14H2,1-2H3,(H,17,18). The lowest BCUT2D eigenvalue weighted by atomic mass is 9.81. The van der Waals surface area contributed by atoms with E-state index >= 15 is 0 Å². The van der Waals surface area contributed by atoms with Crippen molar-refractivity contribution in [2.24, 2.45) is 5.73 Å². The third-order valence-electron chi connectivity index (χ3n) is 3.84. The summed E-state index contributed by atoms with van der Waals surface area (Å²) in [5.41, 5.74) is 5.86. The van der Waals surface area contributed by atoms with E-state index in [1.165, 1.54) is 4.90 Å². The van der Waals surface area contributed by atoms with Crippen LogP contribution < -0.4 is 10.6 Å². The van der Waals surface area contributed by atoms with Crippen molar-refractivity contribution in [3.8, 4) is 0 Å². The van der Waals surface area contributed by atoms with Gasteiger partial charge in [0.15, 0.2) is 0 Å². The van der Waals surface area contributed by atoms with Crippen molar-refractivity contribution >= 4 is 28.4 Å². The monoisotopic (exact) mass is 297 g/mol. The predicted octanol–water partition coefficient (Wildman–Crippen LogP) is 1.77. The molecule has 1 saturated carbocycles. The van der Waals surface area contributed by atoms with Crippen molar-refractivity contribution in [1.29, 1.82) is 0 Å². The number of carbonyl (C=O) groups is 2. The smallest absolute Gasteiger partial charge is 0.340 e. The summed E-state index contributed by atoms with van der Waals surface area (Å²) in [6.45, 7) is 1.63. The molecule has 0 spiro atoms. The van der Waals surface area contributed by atoms with Gasteiger partial charge in [-0.15, -0.1) is 0 Å². The zero-order valence-electron chi connectivity index (χ0n) is 11.7. The molecule has 2 rings (SSSR count). The van der Waals surface area contributed by atoms with Gasteiger partial charge in [-0.25, -0.2) is 4.79 Å². The van der Waals surface area contributed by atoms with Gasteiger partial charge in [0, 0.05) is 7.05 Å². The van der Waals surface area contributed by atoms with Crippen LogP contribution in [0.2, 0.25) is 0 Å². The van der Waals surface area contributed by atoms with Gasteiger partial charge < -0.3 is 15.7 Å². The molecular weight excluding hydrogens is 278 g/mol. The fraction of sp³-hybridized carbons (Fsp3) is 0.615. The van der Waals surface area contributed by atoms with E-state index in [0.29, 0.717) is 23.5 Å². The quantitative estimate of drug-likeness (QED) is 0.886. The molecule has 1 amide bonds. The highest BCUT2D eigenvalue weighted by Crippen LogP contribution is 2.33. The lowest BCUT2D eigenvalue weighted by molar-refractivity contribution is -0.124. The normalized spacial score (nSPS) is 17.8. The summed E-state index contributed by atoms with van der Waals surface area (Å²) in [5, 5.41) is 9.59. The molecule has 1 fully saturated rings. The van der Waals surface area contributed by atoms with E-state index in [1.807, 2.05) is 0 Å². The molecular formula is C13H19N3O3S.